The van der Waals surface area contributed by atoms with Gasteiger partial charge in [0, 0.05) is 0 Å². The molecule has 0 aliphatic carbocycles. The molecule has 0 saturated heterocycles. The summed E-state index contributed by atoms with van der Waals surface area (Å²) in [6.07, 6.45) is -2.85. The monoisotopic (exact) mass is 176 g/mol. The molecule has 0 spiro atoms. The number of rotatable bonds is 2. The first-order chi connectivity index (χ1) is 5.66. The van der Waals surface area contributed by atoms with Crippen molar-refractivity contribution in [3.05, 3.63) is 29.6 Å². The zero-order chi connectivity index (χ0) is 9.14. The fourth-order valence-corrected chi connectivity index (χ4v) is 0.907. The number of ether oxygens (including phenoxy) is 1. The topological polar surface area (TPSA) is 9.23 Å². The molecule has 1 nitrogen and oxygen atoms in total. The highest BCUT2D eigenvalue weighted by Crippen LogP contribution is 2.30. The fraction of sp³-hybridized carbons (Fsp3) is 0.250. The summed E-state index contributed by atoms with van der Waals surface area (Å²) >= 11 is 0. The van der Waals surface area contributed by atoms with Gasteiger partial charge in [0.1, 0.15) is 11.6 Å². The van der Waals surface area contributed by atoms with E-state index in [4.69, 9.17) is 0 Å². The van der Waals surface area contributed by atoms with Gasteiger partial charge in [0.25, 0.3) is 6.43 Å². The lowest BCUT2D eigenvalue weighted by molar-refractivity contribution is 0.141. The van der Waals surface area contributed by atoms with Gasteiger partial charge < -0.3 is 4.74 Å². The summed E-state index contributed by atoms with van der Waals surface area (Å²) in [7, 11) is 1.22. The highest BCUT2D eigenvalue weighted by Gasteiger charge is 2.18. The van der Waals surface area contributed by atoms with Crippen molar-refractivity contribution in [2.45, 2.75) is 6.43 Å². The van der Waals surface area contributed by atoms with Crippen LogP contribution in [0.15, 0.2) is 18.2 Å². The van der Waals surface area contributed by atoms with Gasteiger partial charge in [-0.15, -0.1) is 0 Å². The average molecular weight is 176 g/mol. The summed E-state index contributed by atoms with van der Waals surface area (Å²) in [4.78, 5) is 0. The lowest BCUT2D eigenvalue weighted by Crippen LogP contribution is -1.95. The molecule has 0 fully saturated rings. The van der Waals surface area contributed by atoms with Gasteiger partial charge in [-0.1, -0.05) is 6.07 Å². The maximum atomic E-state index is 12.7. The van der Waals surface area contributed by atoms with Crippen molar-refractivity contribution < 1.29 is 17.9 Å². The number of methoxy groups -OCH3 is 1. The highest BCUT2D eigenvalue weighted by atomic mass is 19.3. The van der Waals surface area contributed by atoms with E-state index in [0.29, 0.717) is 0 Å². The first-order valence-corrected chi connectivity index (χ1v) is 3.27. The minimum absolute atomic E-state index is 0.120. The second-order valence-electron chi connectivity index (χ2n) is 2.16. The van der Waals surface area contributed by atoms with E-state index < -0.39 is 17.8 Å². The van der Waals surface area contributed by atoms with Crippen molar-refractivity contribution >= 4 is 0 Å². The molecule has 12 heavy (non-hydrogen) atoms. The molecule has 0 heterocycles. The van der Waals surface area contributed by atoms with Crippen molar-refractivity contribution in [1.82, 2.24) is 0 Å². The molecule has 0 radical (unpaired) electrons. The smallest absolute Gasteiger partial charge is 0.270 e. The first kappa shape index (κ1) is 8.90. The third kappa shape index (κ3) is 1.52. The van der Waals surface area contributed by atoms with Gasteiger partial charge >= 0.3 is 0 Å². The maximum Gasteiger partial charge on any atom is 0.270 e. The molecule has 0 unspecified atom stereocenters. The Morgan fingerprint density at radius 3 is 2.42 bits per heavy atom. The van der Waals surface area contributed by atoms with Crippen LogP contribution in [-0.2, 0) is 0 Å². The quantitative estimate of drug-likeness (QED) is 0.673. The molecular weight excluding hydrogens is 169 g/mol. The number of benzene rings is 1. The van der Waals surface area contributed by atoms with Crippen molar-refractivity contribution in [1.29, 1.82) is 0 Å². The zero-order valence-electron chi connectivity index (χ0n) is 6.35. The van der Waals surface area contributed by atoms with Crippen LogP contribution < -0.4 is 4.74 Å². The van der Waals surface area contributed by atoms with E-state index in [1.165, 1.54) is 19.2 Å². The van der Waals surface area contributed by atoms with Gasteiger partial charge in [-0.25, -0.2) is 13.2 Å². The standard InChI is InChI=1S/C8H7F3O/c1-12-6-4-2-3-5(9)7(6)8(10)11/h2-4,8H,1H3. The molecule has 0 bridgehead atoms. The zero-order valence-corrected chi connectivity index (χ0v) is 6.35. The lowest BCUT2D eigenvalue weighted by atomic mass is 10.2. The molecule has 1 rings (SSSR count). The second kappa shape index (κ2) is 3.47. The van der Waals surface area contributed by atoms with Gasteiger partial charge in [-0.05, 0) is 12.1 Å². The molecule has 0 aliphatic heterocycles. The average Bonchev–Trinajstić information content (AvgIpc) is 2.03. The van der Waals surface area contributed by atoms with Crippen molar-refractivity contribution in [2.75, 3.05) is 7.11 Å². The molecule has 0 atom stereocenters. The highest BCUT2D eigenvalue weighted by molar-refractivity contribution is 5.35. The molecule has 1 aromatic carbocycles. The Labute approximate surface area is 67.8 Å². The molecule has 0 aliphatic rings. The number of alkyl halides is 2. The Morgan fingerprint density at radius 2 is 2.00 bits per heavy atom. The summed E-state index contributed by atoms with van der Waals surface area (Å²) in [6.45, 7) is 0. The summed E-state index contributed by atoms with van der Waals surface area (Å²) in [5.41, 5.74) is -0.681. The Morgan fingerprint density at radius 1 is 1.33 bits per heavy atom. The van der Waals surface area contributed by atoms with E-state index >= 15 is 0 Å². The number of hydrogen-bond acceptors (Lipinski definition) is 1. The maximum absolute atomic E-state index is 12.7. The molecule has 0 amide bonds. The lowest BCUT2D eigenvalue weighted by Gasteiger charge is -2.07. The van der Waals surface area contributed by atoms with E-state index in [0.717, 1.165) is 6.07 Å². The molecule has 66 valence electrons. The van der Waals surface area contributed by atoms with Crippen molar-refractivity contribution in [3.63, 3.8) is 0 Å². The summed E-state index contributed by atoms with van der Waals surface area (Å²) in [5, 5.41) is 0. The van der Waals surface area contributed by atoms with Crippen LogP contribution in [0.2, 0.25) is 0 Å². The van der Waals surface area contributed by atoms with Gasteiger partial charge in [-0.2, -0.15) is 0 Å². The van der Waals surface area contributed by atoms with Gasteiger partial charge in [0.2, 0.25) is 0 Å². The molecule has 4 heteroatoms. The Balaban J connectivity index is 3.20. The summed E-state index contributed by atoms with van der Waals surface area (Å²) in [5.74, 6) is -1.06. The second-order valence-corrected chi connectivity index (χ2v) is 2.16. The molecule has 0 saturated carbocycles. The van der Waals surface area contributed by atoms with E-state index in [1.807, 2.05) is 0 Å². The first-order valence-electron chi connectivity index (χ1n) is 3.27. The number of hydrogen-bond donors (Lipinski definition) is 0. The Hall–Kier alpha value is -1.19. The predicted octanol–water partition coefficient (Wildman–Crippen LogP) is 2.77. The van der Waals surface area contributed by atoms with E-state index in [-0.39, 0.29) is 5.75 Å². The van der Waals surface area contributed by atoms with Gasteiger partial charge in [0.05, 0.1) is 12.7 Å². The van der Waals surface area contributed by atoms with E-state index in [2.05, 4.69) is 4.74 Å². The van der Waals surface area contributed by atoms with E-state index in [9.17, 15) is 13.2 Å². The summed E-state index contributed by atoms with van der Waals surface area (Å²) < 4.78 is 41.6. The van der Waals surface area contributed by atoms with Gasteiger partial charge in [-0.3, -0.25) is 0 Å². The number of halogens is 3. The fourth-order valence-electron chi connectivity index (χ4n) is 0.907. The van der Waals surface area contributed by atoms with Crippen LogP contribution in [0, 0.1) is 5.82 Å². The minimum Gasteiger partial charge on any atom is -0.496 e. The Kier molecular flexibility index (Phi) is 2.58. The normalized spacial score (nSPS) is 10.4. The third-order valence-electron chi connectivity index (χ3n) is 1.45. The van der Waals surface area contributed by atoms with Crippen LogP contribution in [-0.4, -0.2) is 7.11 Å². The summed E-state index contributed by atoms with van der Waals surface area (Å²) in [6, 6.07) is 3.59. The van der Waals surface area contributed by atoms with Crippen LogP contribution in [0.1, 0.15) is 12.0 Å². The van der Waals surface area contributed by atoms with Crippen LogP contribution in [0.4, 0.5) is 13.2 Å². The third-order valence-corrected chi connectivity index (χ3v) is 1.45. The molecule has 0 N–H and O–H groups in total. The Bertz CT molecular complexity index is 273. The minimum atomic E-state index is -2.85. The van der Waals surface area contributed by atoms with Crippen LogP contribution in [0.5, 0.6) is 5.75 Å². The van der Waals surface area contributed by atoms with Crippen LogP contribution in [0.25, 0.3) is 0 Å². The molecule has 1 aromatic rings. The van der Waals surface area contributed by atoms with Gasteiger partial charge in [0.15, 0.2) is 0 Å². The van der Waals surface area contributed by atoms with Crippen LogP contribution >= 0.6 is 0 Å². The SMILES string of the molecule is COc1cccc(F)c1C(F)F. The molecular formula is C8H7F3O. The van der Waals surface area contributed by atoms with Crippen LogP contribution in [0.3, 0.4) is 0 Å². The largest absolute Gasteiger partial charge is 0.496 e. The molecule has 0 aromatic heterocycles. The van der Waals surface area contributed by atoms with Crippen molar-refractivity contribution in [3.8, 4) is 5.75 Å². The van der Waals surface area contributed by atoms with E-state index in [1.54, 1.807) is 0 Å². The van der Waals surface area contributed by atoms with Crippen molar-refractivity contribution in [2.24, 2.45) is 0 Å². The predicted molar refractivity (Wildman–Crippen MR) is 37.9 cm³/mol.